The van der Waals surface area contributed by atoms with Gasteiger partial charge in [-0.1, -0.05) is 64.7 Å². The topological polar surface area (TPSA) is 93.1 Å². The van der Waals surface area contributed by atoms with E-state index < -0.39 is 23.1 Å². The summed E-state index contributed by atoms with van der Waals surface area (Å²) in [4.78, 5) is 0. The van der Waals surface area contributed by atoms with Crippen LogP contribution in [-0.4, -0.2) is 44.0 Å². The predicted octanol–water partition coefficient (Wildman–Crippen LogP) is 3.10. The lowest BCUT2D eigenvalue weighted by Gasteiger charge is -2.10. The zero-order valence-corrected chi connectivity index (χ0v) is 14.5. The summed E-state index contributed by atoms with van der Waals surface area (Å²) >= 11 is 0. The van der Waals surface area contributed by atoms with Crippen molar-refractivity contribution in [3.63, 3.8) is 0 Å². The van der Waals surface area contributed by atoms with Crippen molar-refractivity contribution < 1.29 is 27.0 Å². The summed E-state index contributed by atoms with van der Waals surface area (Å²) in [5, 5.41) is 9.35. The molecule has 1 atom stereocenters. The van der Waals surface area contributed by atoms with Gasteiger partial charge in [0.25, 0.3) is 0 Å². The highest BCUT2D eigenvalue weighted by Crippen LogP contribution is 2.10. The molecule has 0 aliphatic rings. The third-order valence-corrected chi connectivity index (χ3v) is 3.80. The summed E-state index contributed by atoms with van der Waals surface area (Å²) in [7, 11) is -4.49. The molecule has 0 aromatic rings. The van der Waals surface area contributed by atoms with Gasteiger partial charge < -0.3 is 9.84 Å². The minimum Gasteiger partial charge on any atom is -0.388 e. The van der Waals surface area contributed by atoms with E-state index in [1.165, 1.54) is 51.4 Å². The van der Waals surface area contributed by atoms with Gasteiger partial charge in [-0.2, -0.15) is 8.42 Å². The summed E-state index contributed by atoms with van der Waals surface area (Å²) < 4.78 is 38.2. The maximum absolute atomic E-state index is 10.3. The fraction of sp³-hybridized carbons (Fsp3) is 1.00. The zero-order valence-electron chi connectivity index (χ0n) is 13.7. The van der Waals surface area contributed by atoms with Crippen molar-refractivity contribution in [2.24, 2.45) is 0 Å². The Balaban J connectivity index is 3.20. The van der Waals surface area contributed by atoms with E-state index in [0.29, 0.717) is 6.61 Å². The minimum atomic E-state index is -4.49. The third-order valence-electron chi connectivity index (χ3n) is 3.36. The fourth-order valence-electron chi connectivity index (χ4n) is 2.12. The van der Waals surface area contributed by atoms with E-state index in [1.807, 2.05) is 0 Å². The molecule has 0 aliphatic heterocycles. The molecule has 0 aromatic carbocycles. The SMILES string of the molecule is CCCCCCCCCCCCOCC(O)COS(=O)(=O)O. The molecule has 2 N–H and O–H groups in total. The van der Waals surface area contributed by atoms with Gasteiger partial charge in [-0.05, 0) is 6.42 Å². The van der Waals surface area contributed by atoms with Crippen LogP contribution < -0.4 is 0 Å². The van der Waals surface area contributed by atoms with Crippen LogP contribution in [-0.2, 0) is 19.3 Å². The van der Waals surface area contributed by atoms with Gasteiger partial charge in [0.2, 0.25) is 0 Å². The molecule has 0 saturated carbocycles. The van der Waals surface area contributed by atoms with Crippen molar-refractivity contribution >= 4 is 10.4 Å². The molecule has 22 heavy (non-hydrogen) atoms. The van der Waals surface area contributed by atoms with Crippen molar-refractivity contribution in [2.45, 2.75) is 77.2 Å². The quantitative estimate of drug-likeness (QED) is 0.331. The Morgan fingerprint density at radius 1 is 0.864 bits per heavy atom. The molecular formula is C15H32O6S. The Labute approximate surface area is 135 Å². The molecule has 0 aromatic heterocycles. The minimum absolute atomic E-state index is 0.00689. The van der Waals surface area contributed by atoms with Crippen LogP contribution in [0.15, 0.2) is 0 Å². The number of ether oxygens (including phenoxy) is 1. The molecular weight excluding hydrogens is 308 g/mol. The number of hydrogen-bond acceptors (Lipinski definition) is 5. The number of aliphatic hydroxyl groups excluding tert-OH is 1. The number of aliphatic hydroxyl groups is 1. The lowest BCUT2D eigenvalue weighted by Crippen LogP contribution is -2.23. The Bertz CT molecular complexity index is 331. The molecule has 6 nitrogen and oxygen atoms in total. The average molecular weight is 340 g/mol. The van der Waals surface area contributed by atoms with Crippen molar-refractivity contribution in [1.29, 1.82) is 0 Å². The summed E-state index contributed by atoms with van der Waals surface area (Å²) in [6.07, 6.45) is 11.4. The highest BCUT2D eigenvalue weighted by atomic mass is 32.3. The third kappa shape index (κ3) is 17.8. The van der Waals surface area contributed by atoms with E-state index in [4.69, 9.17) is 9.29 Å². The van der Waals surface area contributed by atoms with Crippen LogP contribution in [0.2, 0.25) is 0 Å². The summed E-state index contributed by atoms with van der Waals surface area (Å²) in [5.74, 6) is 0. The molecule has 0 spiro atoms. The van der Waals surface area contributed by atoms with E-state index in [2.05, 4.69) is 11.1 Å². The standard InChI is InChI=1S/C15H32O6S/c1-2-3-4-5-6-7-8-9-10-11-12-20-13-15(16)14-21-22(17,18)19/h15-16H,2-14H2,1H3,(H,17,18,19). The van der Waals surface area contributed by atoms with Crippen molar-refractivity contribution in [3.05, 3.63) is 0 Å². The van der Waals surface area contributed by atoms with Crippen LogP contribution >= 0.6 is 0 Å². The van der Waals surface area contributed by atoms with Crippen LogP contribution in [0.3, 0.4) is 0 Å². The maximum Gasteiger partial charge on any atom is 0.397 e. The lowest BCUT2D eigenvalue weighted by molar-refractivity contribution is 0.0101. The van der Waals surface area contributed by atoms with Gasteiger partial charge in [0, 0.05) is 6.61 Å². The highest BCUT2D eigenvalue weighted by Gasteiger charge is 2.10. The van der Waals surface area contributed by atoms with Crippen molar-refractivity contribution in [3.8, 4) is 0 Å². The molecule has 0 fully saturated rings. The summed E-state index contributed by atoms with van der Waals surface area (Å²) in [5.41, 5.74) is 0. The van der Waals surface area contributed by atoms with Crippen LogP contribution in [0.5, 0.6) is 0 Å². The maximum atomic E-state index is 10.3. The van der Waals surface area contributed by atoms with Gasteiger partial charge in [-0.3, -0.25) is 4.55 Å². The first-order chi connectivity index (χ1) is 10.5. The van der Waals surface area contributed by atoms with Gasteiger partial charge in [0.1, 0.15) is 6.10 Å². The van der Waals surface area contributed by atoms with E-state index in [9.17, 15) is 13.5 Å². The largest absolute Gasteiger partial charge is 0.397 e. The van der Waals surface area contributed by atoms with Gasteiger partial charge in [0.05, 0.1) is 13.2 Å². The van der Waals surface area contributed by atoms with E-state index >= 15 is 0 Å². The van der Waals surface area contributed by atoms with E-state index in [1.54, 1.807) is 0 Å². The monoisotopic (exact) mass is 340 g/mol. The first-order valence-electron chi connectivity index (χ1n) is 8.33. The molecule has 0 saturated heterocycles. The second kappa shape index (κ2) is 14.4. The highest BCUT2D eigenvalue weighted by molar-refractivity contribution is 7.80. The second-order valence-electron chi connectivity index (χ2n) is 5.62. The number of rotatable bonds is 16. The summed E-state index contributed by atoms with van der Waals surface area (Å²) in [6.45, 7) is 2.28. The van der Waals surface area contributed by atoms with Crippen molar-refractivity contribution in [1.82, 2.24) is 0 Å². The normalized spacial score (nSPS) is 13.4. The Morgan fingerprint density at radius 3 is 1.86 bits per heavy atom. The molecule has 1 unspecified atom stereocenters. The lowest BCUT2D eigenvalue weighted by atomic mass is 10.1. The van der Waals surface area contributed by atoms with Crippen LogP contribution in [0.1, 0.15) is 71.1 Å². The van der Waals surface area contributed by atoms with E-state index in [0.717, 1.165) is 12.8 Å². The predicted molar refractivity (Wildman–Crippen MR) is 86.2 cm³/mol. The first kappa shape index (κ1) is 21.8. The second-order valence-corrected chi connectivity index (χ2v) is 6.71. The first-order valence-corrected chi connectivity index (χ1v) is 9.70. The zero-order chi connectivity index (χ0) is 16.7. The van der Waals surface area contributed by atoms with Crippen LogP contribution in [0.25, 0.3) is 0 Å². The molecule has 0 rings (SSSR count). The van der Waals surface area contributed by atoms with Gasteiger partial charge in [-0.15, -0.1) is 0 Å². The Kier molecular flexibility index (Phi) is 14.2. The molecule has 0 amide bonds. The van der Waals surface area contributed by atoms with E-state index in [-0.39, 0.29) is 6.61 Å². The van der Waals surface area contributed by atoms with Crippen LogP contribution in [0.4, 0.5) is 0 Å². The molecule has 0 radical (unpaired) electrons. The fourth-order valence-corrected chi connectivity index (χ4v) is 2.45. The Morgan fingerprint density at radius 2 is 1.36 bits per heavy atom. The van der Waals surface area contributed by atoms with Gasteiger partial charge in [0.15, 0.2) is 0 Å². The average Bonchev–Trinajstić information content (AvgIpc) is 2.45. The number of hydrogen-bond donors (Lipinski definition) is 2. The van der Waals surface area contributed by atoms with Crippen LogP contribution in [0, 0.1) is 0 Å². The van der Waals surface area contributed by atoms with Gasteiger partial charge in [-0.25, -0.2) is 4.18 Å². The smallest absolute Gasteiger partial charge is 0.388 e. The molecule has 0 heterocycles. The number of unbranched alkanes of at least 4 members (excludes halogenated alkanes) is 9. The Hall–Kier alpha value is -0.210. The van der Waals surface area contributed by atoms with Gasteiger partial charge >= 0.3 is 10.4 Å². The molecule has 0 bridgehead atoms. The molecule has 7 heteroatoms. The van der Waals surface area contributed by atoms with Crippen molar-refractivity contribution in [2.75, 3.05) is 19.8 Å². The molecule has 134 valence electrons. The molecule has 0 aliphatic carbocycles. The summed E-state index contributed by atoms with van der Waals surface area (Å²) in [6, 6.07) is 0.